The van der Waals surface area contributed by atoms with Crippen LogP contribution >= 0.6 is 0 Å². The number of hydrogen-bond acceptors (Lipinski definition) is 9. The molecular weight excluding hydrogens is 480 g/mol. The van der Waals surface area contributed by atoms with Crippen LogP contribution in [-0.4, -0.2) is 81.7 Å². The topological polar surface area (TPSA) is 143 Å². The molecule has 2 saturated carbocycles. The maximum Gasteiger partial charge on any atom is 0.309 e. The first kappa shape index (κ1) is 28.9. The van der Waals surface area contributed by atoms with Crippen LogP contribution in [-0.2, 0) is 23.8 Å². The van der Waals surface area contributed by atoms with E-state index >= 15 is 0 Å². The number of ether oxygens (including phenoxy) is 3. The van der Waals surface area contributed by atoms with E-state index in [0.717, 1.165) is 19.3 Å². The minimum Gasteiger partial charge on any atom is -0.459 e. The van der Waals surface area contributed by atoms with E-state index in [4.69, 9.17) is 14.2 Å². The fraction of sp³-hybridized carbons (Fsp3) is 0.929. The number of Topliss-reactive ketones (excluding diaryl/α,β-unsaturated/α-hetero) is 1. The lowest BCUT2D eigenvalue weighted by atomic mass is 9.51. The Morgan fingerprint density at radius 1 is 0.892 bits per heavy atom. The molecule has 0 aromatic heterocycles. The fourth-order valence-electron chi connectivity index (χ4n) is 8.28. The zero-order chi connectivity index (χ0) is 27.3. The zero-order valence-corrected chi connectivity index (χ0v) is 22.9. The van der Waals surface area contributed by atoms with Crippen molar-refractivity contribution in [3.63, 3.8) is 0 Å². The van der Waals surface area contributed by atoms with Crippen LogP contribution < -0.4 is 0 Å². The number of ketones is 1. The van der Waals surface area contributed by atoms with Crippen molar-refractivity contribution in [2.24, 2.45) is 53.3 Å². The first-order valence-corrected chi connectivity index (χ1v) is 14.1. The highest BCUT2D eigenvalue weighted by Gasteiger charge is 2.57. The molecule has 4 aliphatic rings. The molecule has 0 radical (unpaired) electrons. The quantitative estimate of drug-likeness (QED) is 0.401. The highest BCUT2D eigenvalue weighted by Crippen LogP contribution is 2.54. The lowest BCUT2D eigenvalue weighted by Crippen LogP contribution is -2.60. The van der Waals surface area contributed by atoms with Crippen LogP contribution in [0.4, 0.5) is 0 Å². The molecule has 2 heterocycles. The molecule has 0 aromatic carbocycles. The van der Waals surface area contributed by atoms with E-state index in [0.29, 0.717) is 11.7 Å². The smallest absolute Gasteiger partial charge is 0.309 e. The number of rotatable bonds is 4. The summed E-state index contributed by atoms with van der Waals surface area (Å²) < 4.78 is 17.7. The molecule has 212 valence electrons. The number of esters is 1. The summed E-state index contributed by atoms with van der Waals surface area (Å²) in [6, 6.07) is 0. The monoisotopic (exact) mass is 526 g/mol. The van der Waals surface area contributed by atoms with Gasteiger partial charge in [0.15, 0.2) is 6.29 Å². The van der Waals surface area contributed by atoms with Gasteiger partial charge in [0.2, 0.25) is 0 Å². The number of cyclic esters (lactones) is 1. The molecule has 2 aliphatic carbocycles. The molecule has 0 bridgehead atoms. The third-order valence-corrected chi connectivity index (χ3v) is 9.92. The van der Waals surface area contributed by atoms with E-state index in [-0.39, 0.29) is 53.3 Å². The lowest BCUT2D eigenvalue weighted by Gasteiger charge is -2.53. The molecule has 16 atom stereocenters. The number of aliphatic hydroxyl groups is 4. The van der Waals surface area contributed by atoms with Gasteiger partial charge in [-0.2, -0.15) is 0 Å². The van der Waals surface area contributed by atoms with Crippen LogP contribution in [0.1, 0.15) is 60.8 Å². The van der Waals surface area contributed by atoms with Gasteiger partial charge in [-0.05, 0) is 61.7 Å². The zero-order valence-electron chi connectivity index (χ0n) is 22.9. The van der Waals surface area contributed by atoms with Crippen LogP contribution in [0.15, 0.2) is 0 Å². The van der Waals surface area contributed by atoms with E-state index in [2.05, 4.69) is 20.8 Å². The van der Waals surface area contributed by atoms with Crippen molar-refractivity contribution >= 4 is 11.8 Å². The minimum atomic E-state index is -1.55. The molecular formula is C28H46O9. The summed E-state index contributed by atoms with van der Waals surface area (Å²) in [6.45, 7) is 11.6. The lowest BCUT2D eigenvalue weighted by molar-refractivity contribution is -0.317. The van der Waals surface area contributed by atoms with Gasteiger partial charge in [-0.25, -0.2) is 0 Å². The molecule has 9 heteroatoms. The van der Waals surface area contributed by atoms with Crippen LogP contribution in [0, 0.1) is 53.3 Å². The molecule has 4 N–H and O–H groups in total. The Morgan fingerprint density at radius 3 is 2.19 bits per heavy atom. The van der Waals surface area contributed by atoms with E-state index in [9.17, 15) is 30.0 Å². The fourth-order valence-corrected chi connectivity index (χ4v) is 8.28. The van der Waals surface area contributed by atoms with Gasteiger partial charge in [0.05, 0.1) is 18.6 Å². The Hall–Kier alpha value is -1.10. The summed E-state index contributed by atoms with van der Waals surface area (Å²) in [4.78, 5) is 27.4. The van der Waals surface area contributed by atoms with Gasteiger partial charge >= 0.3 is 5.97 Å². The molecule has 1 unspecified atom stereocenters. The number of carbonyl (C=O) groups excluding carboxylic acids is 2. The van der Waals surface area contributed by atoms with Gasteiger partial charge in [0.1, 0.15) is 36.3 Å². The summed E-state index contributed by atoms with van der Waals surface area (Å²) in [5.41, 5.74) is 0. The van der Waals surface area contributed by atoms with Gasteiger partial charge in [-0.3, -0.25) is 9.59 Å². The standard InChI is InChI=1S/C28H46O9/c1-11-7-12(2)20-17(8-11)22(30)15(5)19-13(3)9-14(4)26(37-27(34)21(19)20)16(6)35-28-25(33)24(32)23(31)18(10-29)36-28/h11-21,23-26,28-29,31-33H,7-10H2,1-6H3/t11-,12+,13+,14-,15+,16?,17-,18-,19-,20-,21-,23-,24+,25-,26-,28-/m1/s1. The second-order valence-electron chi connectivity index (χ2n) is 12.7. The van der Waals surface area contributed by atoms with Crippen molar-refractivity contribution in [1.82, 2.24) is 0 Å². The molecule has 4 rings (SSSR count). The molecule has 0 amide bonds. The molecule has 9 nitrogen and oxygen atoms in total. The third kappa shape index (κ3) is 5.24. The van der Waals surface area contributed by atoms with Crippen LogP contribution in [0.5, 0.6) is 0 Å². The van der Waals surface area contributed by atoms with E-state index in [1.54, 1.807) is 6.92 Å². The first-order valence-electron chi connectivity index (χ1n) is 14.1. The number of carbonyl (C=O) groups is 2. The number of hydrogen-bond donors (Lipinski definition) is 4. The summed E-state index contributed by atoms with van der Waals surface area (Å²) in [7, 11) is 0. The molecule has 2 saturated heterocycles. The minimum absolute atomic E-state index is 0.0319. The van der Waals surface area contributed by atoms with E-state index in [1.807, 2.05) is 13.8 Å². The van der Waals surface area contributed by atoms with Crippen LogP contribution in [0.3, 0.4) is 0 Å². The predicted octanol–water partition coefficient (Wildman–Crippen LogP) is 1.53. The maximum atomic E-state index is 13.9. The van der Waals surface area contributed by atoms with Crippen molar-refractivity contribution < 1.29 is 44.2 Å². The Bertz CT molecular complexity index is 830. The van der Waals surface area contributed by atoms with Gasteiger partial charge < -0.3 is 34.6 Å². The van der Waals surface area contributed by atoms with Crippen molar-refractivity contribution in [3.8, 4) is 0 Å². The SMILES string of the molecule is CC(O[C@@H]1O[C@H](CO)[C@@H](O)[C@H](O)[C@H]1O)[C@@H]1OC(=O)[C@H]2[C@@H]3[C@@H](C)C[C@@H](C)C[C@H]3C(=O)[C@@H](C)[C@H]2[C@@H](C)C[C@H]1C. The van der Waals surface area contributed by atoms with Gasteiger partial charge in [0.25, 0.3) is 0 Å². The summed E-state index contributed by atoms with van der Waals surface area (Å²) in [6.07, 6.45) is -5.71. The second kappa shape index (κ2) is 11.2. The van der Waals surface area contributed by atoms with Crippen molar-refractivity contribution in [2.45, 2.75) is 104 Å². The third-order valence-electron chi connectivity index (χ3n) is 9.92. The van der Waals surface area contributed by atoms with E-state index in [1.165, 1.54) is 0 Å². The Kier molecular flexibility index (Phi) is 8.73. The Balaban J connectivity index is 1.57. The van der Waals surface area contributed by atoms with Crippen molar-refractivity contribution in [3.05, 3.63) is 0 Å². The second-order valence-corrected chi connectivity index (χ2v) is 12.7. The largest absolute Gasteiger partial charge is 0.459 e. The van der Waals surface area contributed by atoms with Crippen molar-refractivity contribution in [2.75, 3.05) is 6.61 Å². The predicted molar refractivity (Wildman–Crippen MR) is 133 cm³/mol. The molecule has 0 aromatic rings. The van der Waals surface area contributed by atoms with Crippen LogP contribution in [0.25, 0.3) is 0 Å². The highest BCUT2D eigenvalue weighted by molar-refractivity contribution is 5.88. The van der Waals surface area contributed by atoms with Gasteiger partial charge in [-0.15, -0.1) is 0 Å². The summed E-state index contributed by atoms with van der Waals surface area (Å²) in [5, 5.41) is 40.2. The summed E-state index contributed by atoms with van der Waals surface area (Å²) >= 11 is 0. The highest BCUT2D eigenvalue weighted by atomic mass is 16.7. The average Bonchev–Trinajstić information content (AvgIpc) is 2.83. The number of aliphatic hydroxyl groups excluding tert-OH is 4. The molecule has 2 aliphatic heterocycles. The summed E-state index contributed by atoms with van der Waals surface area (Å²) in [5.74, 6) is -0.0269. The average molecular weight is 527 g/mol. The van der Waals surface area contributed by atoms with Gasteiger partial charge in [-0.1, -0.05) is 34.6 Å². The van der Waals surface area contributed by atoms with Gasteiger partial charge in [0, 0.05) is 11.8 Å². The maximum absolute atomic E-state index is 13.9. The normalized spacial score (nSPS) is 51.8. The Morgan fingerprint density at radius 2 is 1.54 bits per heavy atom. The molecule has 37 heavy (non-hydrogen) atoms. The van der Waals surface area contributed by atoms with Crippen molar-refractivity contribution in [1.29, 1.82) is 0 Å². The number of fused-ring (bicyclic) bond motifs is 3. The first-order chi connectivity index (χ1) is 17.4. The Labute approximate surface area is 219 Å². The van der Waals surface area contributed by atoms with Crippen LogP contribution in [0.2, 0.25) is 0 Å². The molecule has 4 fully saturated rings. The van der Waals surface area contributed by atoms with E-state index < -0.39 is 49.5 Å². The molecule has 0 spiro atoms.